The fourth-order valence-electron chi connectivity index (χ4n) is 2.22. The molecule has 0 atom stereocenters. The van der Waals surface area contributed by atoms with Gasteiger partial charge in [-0.2, -0.15) is 4.98 Å². The van der Waals surface area contributed by atoms with Gasteiger partial charge in [-0.05, 0) is 26.8 Å². The monoisotopic (exact) mass is 252 g/mol. The second-order valence-corrected chi connectivity index (χ2v) is 5.79. The summed E-state index contributed by atoms with van der Waals surface area (Å²) in [6.07, 6.45) is 2.33. The van der Waals surface area contributed by atoms with Crippen molar-refractivity contribution in [2.24, 2.45) is 0 Å². The van der Waals surface area contributed by atoms with E-state index in [1.54, 1.807) is 0 Å². The normalized spacial score (nSPS) is 20.5. The number of aromatic nitrogens is 2. The predicted octanol–water partition coefficient (Wildman–Crippen LogP) is 1.77. The van der Waals surface area contributed by atoms with Gasteiger partial charge in [-0.3, -0.25) is 4.90 Å². The Morgan fingerprint density at radius 3 is 2.56 bits per heavy atom. The molecule has 0 aromatic carbocycles. The summed E-state index contributed by atoms with van der Waals surface area (Å²) >= 11 is 0. The van der Waals surface area contributed by atoms with Crippen LogP contribution in [0.25, 0.3) is 0 Å². The Labute approximate surface area is 109 Å². The lowest BCUT2D eigenvalue weighted by Crippen LogP contribution is -2.49. The lowest BCUT2D eigenvalue weighted by molar-refractivity contribution is 0.142. The van der Waals surface area contributed by atoms with Crippen LogP contribution in [-0.4, -0.2) is 40.7 Å². The van der Waals surface area contributed by atoms with Crippen molar-refractivity contribution in [1.82, 2.24) is 20.4 Å². The van der Waals surface area contributed by atoms with Crippen molar-refractivity contribution in [2.45, 2.75) is 51.6 Å². The van der Waals surface area contributed by atoms with Crippen LogP contribution in [0, 0.1) is 0 Å². The minimum absolute atomic E-state index is 0.289. The quantitative estimate of drug-likeness (QED) is 0.885. The first-order chi connectivity index (χ1) is 8.52. The third-order valence-electron chi connectivity index (χ3n) is 3.91. The van der Waals surface area contributed by atoms with Crippen molar-refractivity contribution in [3.8, 4) is 0 Å². The van der Waals surface area contributed by atoms with Crippen LogP contribution >= 0.6 is 0 Å². The maximum absolute atomic E-state index is 5.23. The second-order valence-electron chi connectivity index (χ2n) is 5.79. The number of hydrogen-bond acceptors (Lipinski definition) is 5. The molecule has 1 N–H and O–H groups in total. The summed E-state index contributed by atoms with van der Waals surface area (Å²) in [6.45, 7) is 9.39. The summed E-state index contributed by atoms with van der Waals surface area (Å²) in [7, 11) is 2.05. The van der Waals surface area contributed by atoms with Crippen LogP contribution in [0.4, 0.5) is 0 Å². The van der Waals surface area contributed by atoms with Gasteiger partial charge in [0.25, 0.3) is 0 Å². The SMILES string of the molecule is CNC1(C)CCN(Cc2noc(C(C)C)n2)CC1. The van der Waals surface area contributed by atoms with E-state index in [4.69, 9.17) is 4.52 Å². The Morgan fingerprint density at radius 1 is 1.39 bits per heavy atom. The molecule has 2 heterocycles. The van der Waals surface area contributed by atoms with Gasteiger partial charge in [-0.25, -0.2) is 0 Å². The number of hydrogen-bond donors (Lipinski definition) is 1. The van der Waals surface area contributed by atoms with Gasteiger partial charge in [-0.15, -0.1) is 0 Å². The van der Waals surface area contributed by atoms with Crippen LogP contribution in [0.2, 0.25) is 0 Å². The van der Waals surface area contributed by atoms with Crippen LogP contribution in [0.15, 0.2) is 4.52 Å². The summed E-state index contributed by atoms with van der Waals surface area (Å²) in [5.41, 5.74) is 0.289. The van der Waals surface area contributed by atoms with Gasteiger partial charge in [0.15, 0.2) is 5.82 Å². The Kier molecular flexibility index (Phi) is 4.02. The second kappa shape index (κ2) is 5.36. The van der Waals surface area contributed by atoms with Gasteiger partial charge in [0.2, 0.25) is 5.89 Å². The number of nitrogens with zero attached hydrogens (tertiary/aromatic N) is 3. The van der Waals surface area contributed by atoms with Gasteiger partial charge >= 0.3 is 0 Å². The number of rotatable bonds is 4. The molecular weight excluding hydrogens is 228 g/mol. The third-order valence-corrected chi connectivity index (χ3v) is 3.91. The Morgan fingerprint density at radius 2 is 2.06 bits per heavy atom. The Bertz CT molecular complexity index is 380. The standard InChI is InChI=1S/C13H24N4O/c1-10(2)12-15-11(16-18-12)9-17-7-5-13(3,14-4)6-8-17/h10,14H,5-9H2,1-4H3. The molecule has 1 saturated heterocycles. The van der Waals surface area contributed by atoms with Gasteiger partial charge < -0.3 is 9.84 Å². The Hall–Kier alpha value is -0.940. The summed E-state index contributed by atoms with van der Waals surface area (Å²) < 4.78 is 5.23. The molecule has 1 aromatic heterocycles. The van der Waals surface area contributed by atoms with E-state index < -0.39 is 0 Å². The molecule has 0 bridgehead atoms. The van der Waals surface area contributed by atoms with Crippen molar-refractivity contribution in [3.63, 3.8) is 0 Å². The smallest absolute Gasteiger partial charge is 0.229 e. The van der Waals surface area contributed by atoms with Crippen molar-refractivity contribution < 1.29 is 4.52 Å². The molecule has 1 fully saturated rings. The van der Waals surface area contributed by atoms with E-state index in [9.17, 15) is 0 Å². The molecule has 0 spiro atoms. The van der Waals surface area contributed by atoms with Gasteiger partial charge in [-0.1, -0.05) is 19.0 Å². The largest absolute Gasteiger partial charge is 0.339 e. The lowest BCUT2D eigenvalue weighted by Gasteiger charge is -2.38. The summed E-state index contributed by atoms with van der Waals surface area (Å²) in [5, 5.41) is 7.45. The minimum Gasteiger partial charge on any atom is -0.339 e. The molecule has 0 radical (unpaired) electrons. The first-order valence-electron chi connectivity index (χ1n) is 6.76. The van der Waals surface area contributed by atoms with Crippen molar-refractivity contribution in [2.75, 3.05) is 20.1 Å². The highest BCUT2D eigenvalue weighted by Gasteiger charge is 2.28. The van der Waals surface area contributed by atoms with E-state index in [1.807, 2.05) is 7.05 Å². The van der Waals surface area contributed by atoms with Crippen molar-refractivity contribution >= 4 is 0 Å². The van der Waals surface area contributed by atoms with Crippen LogP contribution in [-0.2, 0) is 6.54 Å². The van der Waals surface area contributed by atoms with Crippen LogP contribution in [0.1, 0.15) is 51.2 Å². The van der Waals surface area contributed by atoms with Crippen LogP contribution in [0.5, 0.6) is 0 Å². The molecule has 1 aliphatic heterocycles. The average Bonchev–Trinajstić information content (AvgIpc) is 2.81. The number of nitrogens with one attached hydrogen (secondary N) is 1. The highest BCUT2D eigenvalue weighted by atomic mass is 16.5. The molecule has 2 rings (SSSR count). The summed E-state index contributed by atoms with van der Waals surface area (Å²) in [6, 6.07) is 0. The molecule has 0 amide bonds. The average molecular weight is 252 g/mol. The number of piperidine rings is 1. The van der Waals surface area contributed by atoms with E-state index in [1.165, 1.54) is 12.8 Å². The minimum atomic E-state index is 0.289. The van der Waals surface area contributed by atoms with E-state index >= 15 is 0 Å². The molecule has 0 aliphatic carbocycles. The molecule has 1 aromatic rings. The van der Waals surface area contributed by atoms with Gasteiger partial charge in [0.05, 0.1) is 6.54 Å². The van der Waals surface area contributed by atoms with Gasteiger partial charge in [0, 0.05) is 24.5 Å². The fourth-order valence-corrected chi connectivity index (χ4v) is 2.22. The molecule has 5 nitrogen and oxygen atoms in total. The lowest BCUT2D eigenvalue weighted by atomic mass is 9.90. The molecule has 18 heavy (non-hydrogen) atoms. The molecule has 0 unspecified atom stereocenters. The predicted molar refractivity (Wildman–Crippen MR) is 70.4 cm³/mol. The van der Waals surface area contributed by atoms with E-state index in [0.717, 1.165) is 31.3 Å². The van der Waals surface area contributed by atoms with Crippen molar-refractivity contribution in [3.05, 3.63) is 11.7 Å². The van der Waals surface area contributed by atoms with E-state index in [2.05, 4.69) is 41.1 Å². The van der Waals surface area contributed by atoms with Gasteiger partial charge in [0.1, 0.15) is 0 Å². The first kappa shape index (κ1) is 13.5. The molecule has 5 heteroatoms. The Balaban J connectivity index is 1.87. The zero-order chi connectivity index (χ0) is 13.2. The third kappa shape index (κ3) is 3.09. The van der Waals surface area contributed by atoms with Crippen LogP contribution < -0.4 is 5.32 Å². The zero-order valence-corrected chi connectivity index (χ0v) is 11.9. The topological polar surface area (TPSA) is 54.2 Å². The van der Waals surface area contributed by atoms with Crippen molar-refractivity contribution in [1.29, 1.82) is 0 Å². The summed E-state index contributed by atoms with van der Waals surface area (Å²) in [4.78, 5) is 6.82. The maximum Gasteiger partial charge on any atom is 0.229 e. The first-order valence-corrected chi connectivity index (χ1v) is 6.76. The highest BCUT2D eigenvalue weighted by Crippen LogP contribution is 2.22. The summed E-state index contributed by atoms with van der Waals surface area (Å²) in [5.74, 6) is 1.86. The molecule has 0 saturated carbocycles. The zero-order valence-electron chi connectivity index (χ0n) is 11.9. The maximum atomic E-state index is 5.23. The van der Waals surface area contributed by atoms with E-state index in [-0.39, 0.29) is 5.54 Å². The fraction of sp³-hybridized carbons (Fsp3) is 0.846. The van der Waals surface area contributed by atoms with E-state index in [0.29, 0.717) is 5.92 Å². The number of likely N-dealkylation sites (tertiary alicyclic amines) is 1. The molecule has 102 valence electrons. The molecular formula is C13H24N4O. The van der Waals surface area contributed by atoms with Crippen LogP contribution in [0.3, 0.4) is 0 Å². The highest BCUT2D eigenvalue weighted by molar-refractivity contribution is 4.93. The molecule has 1 aliphatic rings.